The van der Waals surface area contributed by atoms with Gasteiger partial charge in [0.05, 0.1) is 12.0 Å². The number of nitrogens with two attached hydrogens (primary N) is 1. The van der Waals surface area contributed by atoms with Gasteiger partial charge in [0, 0.05) is 12.2 Å². The molecule has 2 aromatic carbocycles. The summed E-state index contributed by atoms with van der Waals surface area (Å²) in [6.45, 7) is 0.260. The first-order valence-corrected chi connectivity index (χ1v) is 7.32. The number of benzene rings is 2. The number of amides is 3. The van der Waals surface area contributed by atoms with Crippen molar-refractivity contribution < 1.29 is 22.8 Å². The van der Waals surface area contributed by atoms with Crippen molar-refractivity contribution in [2.45, 2.75) is 19.1 Å². The first-order valence-electron chi connectivity index (χ1n) is 7.32. The molecule has 2 rings (SSSR count). The molecule has 0 aromatic heterocycles. The van der Waals surface area contributed by atoms with Gasteiger partial charge in [-0.15, -0.1) is 0 Å². The lowest BCUT2D eigenvalue weighted by Crippen LogP contribution is -2.24. The predicted molar refractivity (Wildman–Crippen MR) is 86.6 cm³/mol. The van der Waals surface area contributed by atoms with Gasteiger partial charge in [0.2, 0.25) is 5.91 Å². The lowest BCUT2D eigenvalue weighted by atomic mass is 10.1. The molecule has 132 valence electrons. The molecule has 8 heteroatoms. The number of carbonyl (C=O) groups excluding carboxylic acids is 2. The first-order chi connectivity index (χ1) is 11.7. The SMILES string of the molecule is NC(=O)Nc1ccc(CNC(=O)Cc2ccc(C(F)(F)F)cc2)cc1. The third kappa shape index (κ3) is 5.83. The Balaban J connectivity index is 1.85. The van der Waals surface area contributed by atoms with Gasteiger partial charge in [-0.25, -0.2) is 4.79 Å². The van der Waals surface area contributed by atoms with E-state index < -0.39 is 17.8 Å². The van der Waals surface area contributed by atoms with Gasteiger partial charge in [0.15, 0.2) is 0 Å². The summed E-state index contributed by atoms with van der Waals surface area (Å²) in [6, 6.07) is 10.5. The molecule has 0 fully saturated rings. The molecule has 0 aliphatic heterocycles. The van der Waals surface area contributed by atoms with Crippen molar-refractivity contribution in [1.82, 2.24) is 5.32 Å². The van der Waals surface area contributed by atoms with Crippen LogP contribution in [0.4, 0.5) is 23.7 Å². The summed E-state index contributed by atoms with van der Waals surface area (Å²) in [5.41, 5.74) is 6.08. The molecule has 0 atom stereocenters. The second-order valence-corrected chi connectivity index (χ2v) is 5.33. The molecule has 0 aliphatic rings. The van der Waals surface area contributed by atoms with E-state index >= 15 is 0 Å². The summed E-state index contributed by atoms with van der Waals surface area (Å²) in [5.74, 6) is -0.306. The maximum absolute atomic E-state index is 12.5. The fraction of sp³-hybridized carbons (Fsp3) is 0.176. The Morgan fingerprint density at radius 3 is 2.00 bits per heavy atom. The molecule has 5 nitrogen and oxygen atoms in total. The highest BCUT2D eigenvalue weighted by Gasteiger charge is 2.29. The van der Waals surface area contributed by atoms with Crippen LogP contribution in [0.25, 0.3) is 0 Å². The average molecular weight is 351 g/mol. The number of urea groups is 1. The topological polar surface area (TPSA) is 84.2 Å². The molecule has 0 saturated heterocycles. The van der Waals surface area contributed by atoms with E-state index in [4.69, 9.17) is 5.73 Å². The zero-order chi connectivity index (χ0) is 18.4. The first kappa shape index (κ1) is 18.3. The van der Waals surface area contributed by atoms with Crippen LogP contribution in [0.5, 0.6) is 0 Å². The van der Waals surface area contributed by atoms with E-state index in [0.29, 0.717) is 11.3 Å². The summed E-state index contributed by atoms with van der Waals surface area (Å²) >= 11 is 0. The van der Waals surface area contributed by atoms with E-state index in [2.05, 4.69) is 10.6 Å². The minimum absolute atomic E-state index is 0.0144. The van der Waals surface area contributed by atoms with Gasteiger partial charge >= 0.3 is 12.2 Å². The standard InChI is InChI=1S/C17H16F3N3O2/c18-17(19,20)13-5-1-11(2-6-13)9-15(24)22-10-12-3-7-14(8-4-12)23-16(21)25/h1-8H,9-10H2,(H,22,24)(H3,21,23,25). The zero-order valence-corrected chi connectivity index (χ0v) is 13.1. The molecule has 25 heavy (non-hydrogen) atoms. The van der Waals surface area contributed by atoms with Gasteiger partial charge in [-0.2, -0.15) is 13.2 Å². The molecule has 3 amide bonds. The van der Waals surface area contributed by atoms with Crippen molar-refractivity contribution in [2.75, 3.05) is 5.32 Å². The lowest BCUT2D eigenvalue weighted by molar-refractivity contribution is -0.137. The second-order valence-electron chi connectivity index (χ2n) is 5.33. The summed E-state index contributed by atoms with van der Waals surface area (Å²) in [7, 11) is 0. The summed E-state index contributed by atoms with van der Waals surface area (Å²) in [4.78, 5) is 22.6. The van der Waals surface area contributed by atoms with Crippen LogP contribution in [0, 0.1) is 0 Å². The van der Waals surface area contributed by atoms with Gasteiger partial charge in [-0.3, -0.25) is 4.79 Å². The number of anilines is 1. The summed E-state index contributed by atoms with van der Waals surface area (Å²) in [6.07, 6.45) is -4.41. The third-order valence-electron chi connectivity index (χ3n) is 3.36. The Kier molecular flexibility index (Phi) is 5.63. The Morgan fingerprint density at radius 2 is 1.48 bits per heavy atom. The predicted octanol–water partition coefficient (Wildman–Crippen LogP) is 3.05. The van der Waals surface area contributed by atoms with Crippen molar-refractivity contribution in [3.05, 3.63) is 65.2 Å². The van der Waals surface area contributed by atoms with Crippen LogP contribution >= 0.6 is 0 Å². The minimum Gasteiger partial charge on any atom is -0.352 e. The number of carbonyl (C=O) groups is 2. The van der Waals surface area contributed by atoms with E-state index in [1.54, 1.807) is 24.3 Å². The van der Waals surface area contributed by atoms with Crippen LogP contribution in [-0.4, -0.2) is 11.9 Å². The fourth-order valence-electron chi connectivity index (χ4n) is 2.11. The Labute approximate surface area is 142 Å². The highest BCUT2D eigenvalue weighted by molar-refractivity contribution is 5.87. The molecule has 0 heterocycles. The Morgan fingerprint density at radius 1 is 0.920 bits per heavy atom. The van der Waals surface area contributed by atoms with Gasteiger partial charge in [0.25, 0.3) is 0 Å². The Hall–Kier alpha value is -3.03. The van der Waals surface area contributed by atoms with Crippen LogP contribution in [0.15, 0.2) is 48.5 Å². The zero-order valence-electron chi connectivity index (χ0n) is 13.1. The number of primary amides is 1. The van der Waals surface area contributed by atoms with E-state index in [1.165, 1.54) is 12.1 Å². The molecule has 4 N–H and O–H groups in total. The highest BCUT2D eigenvalue weighted by Crippen LogP contribution is 2.29. The summed E-state index contributed by atoms with van der Waals surface area (Å²) in [5, 5.41) is 5.10. The third-order valence-corrected chi connectivity index (χ3v) is 3.36. The average Bonchev–Trinajstić information content (AvgIpc) is 2.53. The normalized spacial score (nSPS) is 11.0. The molecule has 0 aliphatic carbocycles. The van der Waals surface area contributed by atoms with Crippen LogP contribution in [0.3, 0.4) is 0 Å². The molecule has 0 saturated carbocycles. The van der Waals surface area contributed by atoms with E-state index in [-0.39, 0.29) is 18.9 Å². The van der Waals surface area contributed by atoms with E-state index in [9.17, 15) is 22.8 Å². The summed E-state index contributed by atoms with van der Waals surface area (Å²) < 4.78 is 37.4. The van der Waals surface area contributed by atoms with Crippen LogP contribution in [-0.2, 0) is 23.9 Å². The molecule has 0 radical (unpaired) electrons. The number of nitrogens with one attached hydrogen (secondary N) is 2. The van der Waals surface area contributed by atoms with Crippen molar-refractivity contribution in [2.24, 2.45) is 5.73 Å². The van der Waals surface area contributed by atoms with Crippen molar-refractivity contribution in [3.63, 3.8) is 0 Å². The van der Waals surface area contributed by atoms with Gasteiger partial charge in [-0.1, -0.05) is 24.3 Å². The molecule has 0 bridgehead atoms. The van der Waals surface area contributed by atoms with Crippen molar-refractivity contribution in [1.29, 1.82) is 0 Å². The van der Waals surface area contributed by atoms with E-state index in [0.717, 1.165) is 17.7 Å². The molecular formula is C17H16F3N3O2. The van der Waals surface area contributed by atoms with Gasteiger partial charge < -0.3 is 16.4 Å². The number of halogens is 3. The van der Waals surface area contributed by atoms with Gasteiger partial charge in [0.1, 0.15) is 0 Å². The fourth-order valence-corrected chi connectivity index (χ4v) is 2.11. The van der Waals surface area contributed by atoms with Crippen molar-refractivity contribution in [3.8, 4) is 0 Å². The molecule has 2 aromatic rings. The monoisotopic (exact) mass is 351 g/mol. The van der Waals surface area contributed by atoms with Crippen LogP contribution < -0.4 is 16.4 Å². The van der Waals surface area contributed by atoms with Crippen LogP contribution in [0.2, 0.25) is 0 Å². The molecule has 0 spiro atoms. The lowest BCUT2D eigenvalue weighted by Gasteiger charge is -2.09. The molecule has 0 unspecified atom stereocenters. The smallest absolute Gasteiger partial charge is 0.352 e. The van der Waals surface area contributed by atoms with Crippen molar-refractivity contribution >= 4 is 17.6 Å². The van der Waals surface area contributed by atoms with Gasteiger partial charge in [-0.05, 0) is 35.4 Å². The van der Waals surface area contributed by atoms with E-state index in [1.807, 2.05) is 0 Å². The number of hydrogen-bond acceptors (Lipinski definition) is 2. The maximum Gasteiger partial charge on any atom is 0.416 e. The minimum atomic E-state index is -4.39. The number of alkyl halides is 3. The number of hydrogen-bond donors (Lipinski definition) is 3. The molecular weight excluding hydrogens is 335 g/mol. The quantitative estimate of drug-likeness (QED) is 0.773. The Bertz CT molecular complexity index is 741. The van der Waals surface area contributed by atoms with Crippen LogP contribution in [0.1, 0.15) is 16.7 Å². The maximum atomic E-state index is 12.5. The second kappa shape index (κ2) is 7.69. The number of rotatable bonds is 5. The largest absolute Gasteiger partial charge is 0.416 e. The highest BCUT2D eigenvalue weighted by atomic mass is 19.4.